The lowest BCUT2D eigenvalue weighted by Gasteiger charge is -2.10. The van der Waals surface area contributed by atoms with Gasteiger partial charge in [0.2, 0.25) is 5.91 Å². The summed E-state index contributed by atoms with van der Waals surface area (Å²) in [6.45, 7) is 2.20. The van der Waals surface area contributed by atoms with E-state index in [2.05, 4.69) is 42.3 Å². The van der Waals surface area contributed by atoms with Crippen molar-refractivity contribution in [1.82, 2.24) is 9.78 Å². The molecule has 2 rings (SSSR count). The maximum atomic E-state index is 12.1. The SMILES string of the molecule is Cc1c(Cl)cnn1CCC(=O)Nc1c(Br)cc([N+](=O)[O-])cc1Br. The van der Waals surface area contributed by atoms with Crippen LogP contribution in [-0.4, -0.2) is 20.6 Å². The van der Waals surface area contributed by atoms with Gasteiger partial charge in [0, 0.05) is 27.5 Å². The van der Waals surface area contributed by atoms with Crippen molar-refractivity contribution < 1.29 is 9.72 Å². The summed E-state index contributed by atoms with van der Waals surface area (Å²) in [4.78, 5) is 22.3. The smallest absolute Gasteiger partial charge is 0.271 e. The van der Waals surface area contributed by atoms with Gasteiger partial charge in [0.15, 0.2) is 0 Å². The molecule has 0 saturated heterocycles. The van der Waals surface area contributed by atoms with Crippen LogP contribution in [0.2, 0.25) is 5.02 Å². The number of rotatable bonds is 5. The van der Waals surface area contributed by atoms with Gasteiger partial charge in [-0.25, -0.2) is 0 Å². The van der Waals surface area contributed by atoms with Gasteiger partial charge in [-0.15, -0.1) is 0 Å². The second kappa shape index (κ2) is 7.41. The van der Waals surface area contributed by atoms with E-state index in [1.807, 2.05) is 6.92 Å². The first-order chi connectivity index (χ1) is 10.8. The van der Waals surface area contributed by atoms with Crippen molar-refractivity contribution in [2.45, 2.75) is 19.9 Å². The molecule has 0 saturated carbocycles. The fourth-order valence-corrected chi connectivity index (χ4v) is 3.34. The van der Waals surface area contributed by atoms with Gasteiger partial charge in [0.1, 0.15) is 0 Å². The summed E-state index contributed by atoms with van der Waals surface area (Å²) in [5, 5.41) is 18.1. The average Bonchev–Trinajstić information content (AvgIpc) is 2.80. The van der Waals surface area contributed by atoms with Gasteiger partial charge in [0.05, 0.1) is 34.1 Å². The minimum Gasteiger partial charge on any atom is -0.324 e. The number of hydrogen-bond acceptors (Lipinski definition) is 4. The lowest BCUT2D eigenvalue weighted by molar-refractivity contribution is -0.385. The third-order valence-corrected chi connectivity index (χ3v) is 4.72. The molecule has 0 aliphatic rings. The van der Waals surface area contributed by atoms with Gasteiger partial charge in [-0.3, -0.25) is 19.6 Å². The van der Waals surface area contributed by atoms with E-state index in [1.165, 1.54) is 18.3 Å². The molecule has 7 nitrogen and oxygen atoms in total. The molecule has 1 aromatic carbocycles. The van der Waals surface area contributed by atoms with E-state index in [0.717, 1.165) is 5.69 Å². The summed E-state index contributed by atoms with van der Waals surface area (Å²) in [6.07, 6.45) is 1.72. The number of nitrogens with one attached hydrogen (secondary N) is 1. The topological polar surface area (TPSA) is 90.1 Å². The highest BCUT2D eigenvalue weighted by atomic mass is 79.9. The molecule has 0 spiro atoms. The lowest BCUT2D eigenvalue weighted by atomic mass is 10.2. The van der Waals surface area contributed by atoms with Crippen LogP contribution in [-0.2, 0) is 11.3 Å². The Bertz CT molecular complexity index is 756. The number of aromatic nitrogens is 2. The predicted octanol–water partition coefficient (Wildman–Crippen LogP) is 4.31. The van der Waals surface area contributed by atoms with E-state index in [1.54, 1.807) is 4.68 Å². The number of hydrogen-bond donors (Lipinski definition) is 1. The molecule has 0 unspecified atom stereocenters. The van der Waals surface area contributed by atoms with E-state index < -0.39 is 4.92 Å². The highest BCUT2D eigenvalue weighted by Crippen LogP contribution is 2.35. The van der Waals surface area contributed by atoms with Crippen LogP contribution in [0, 0.1) is 17.0 Å². The van der Waals surface area contributed by atoms with Crippen molar-refractivity contribution >= 4 is 60.7 Å². The zero-order chi connectivity index (χ0) is 17.1. The summed E-state index contributed by atoms with van der Waals surface area (Å²) in [7, 11) is 0. The molecular formula is C13H11Br2ClN4O3. The quantitative estimate of drug-likeness (QED) is 0.525. The fraction of sp³-hybridized carbons (Fsp3) is 0.231. The van der Waals surface area contributed by atoms with Crippen LogP contribution in [0.15, 0.2) is 27.3 Å². The molecule has 1 N–H and O–H groups in total. The highest BCUT2D eigenvalue weighted by molar-refractivity contribution is 9.11. The Kier molecular flexibility index (Phi) is 5.77. The molecule has 1 aromatic heterocycles. The number of nitro benzene ring substituents is 1. The predicted molar refractivity (Wildman–Crippen MR) is 93.7 cm³/mol. The maximum Gasteiger partial charge on any atom is 0.271 e. The Balaban J connectivity index is 2.06. The molecule has 10 heteroatoms. The molecule has 23 heavy (non-hydrogen) atoms. The monoisotopic (exact) mass is 464 g/mol. The molecule has 0 radical (unpaired) electrons. The number of carbonyl (C=O) groups excluding carboxylic acids is 1. The van der Waals surface area contributed by atoms with Crippen molar-refractivity contribution in [1.29, 1.82) is 0 Å². The van der Waals surface area contributed by atoms with Gasteiger partial charge < -0.3 is 5.32 Å². The Morgan fingerprint density at radius 2 is 2.04 bits per heavy atom. The number of non-ortho nitro benzene ring substituents is 1. The third-order valence-electron chi connectivity index (χ3n) is 3.10. The number of benzene rings is 1. The average molecular weight is 467 g/mol. The molecule has 1 heterocycles. The van der Waals surface area contributed by atoms with Gasteiger partial charge >= 0.3 is 0 Å². The number of halogens is 3. The van der Waals surface area contributed by atoms with Crippen molar-refractivity contribution in [3.8, 4) is 0 Å². The van der Waals surface area contributed by atoms with Crippen LogP contribution < -0.4 is 5.32 Å². The molecular weight excluding hydrogens is 455 g/mol. The van der Waals surface area contributed by atoms with Crippen LogP contribution in [0.5, 0.6) is 0 Å². The number of nitro groups is 1. The summed E-state index contributed by atoms with van der Waals surface area (Å²) in [5.41, 5.74) is 1.15. The van der Waals surface area contributed by atoms with E-state index in [4.69, 9.17) is 11.6 Å². The lowest BCUT2D eigenvalue weighted by Crippen LogP contribution is -2.16. The first-order valence-electron chi connectivity index (χ1n) is 6.40. The zero-order valence-corrected chi connectivity index (χ0v) is 15.8. The second-order valence-electron chi connectivity index (χ2n) is 4.64. The summed E-state index contributed by atoms with van der Waals surface area (Å²) in [5.74, 6) is -0.244. The number of aryl methyl sites for hydroxylation is 1. The number of nitrogens with zero attached hydrogens (tertiary/aromatic N) is 3. The molecule has 0 aliphatic heterocycles. The first-order valence-corrected chi connectivity index (χ1v) is 8.37. The first kappa shape index (κ1) is 17.9. The minimum absolute atomic E-state index is 0.0800. The fourth-order valence-electron chi connectivity index (χ4n) is 1.84. The largest absolute Gasteiger partial charge is 0.324 e. The highest BCUT2D eigenvalue weighted by Gasteiger charge is 2.16. The summed E-state index contributed by atoms with van der Waals surface area (Å²) >= 11 is 12.3. The van der Waals surface area contributed by atoms with Gasteiger partial charge in [-0.2, -0.15) is 5.10 Å². The van der Waals surface area contributed by atoms with Gasteiger partial charge in [0.25, 0.3) is 5.69 Å². The van der Waals surface area contributed by atoms with E-state index in [9.17, 15) is 14.9 Å². The van der Waals surface area contributed by atoms with Crippen molar-refractivity contribution in [3.05, 3.63) is 48.1 Å². The normalized spacial score (nSPS) is 10.6. The number of amides is 1. The van der Waals surface area contributed by atoms with Crippen LogP contribution in [0.25, 0.3) is 0 Å². The van der Waals surface area contributed by atoms with Gasteiger partial charge in [-0.1, -0.05) is 11.6 Å². The van der Waals surface area contributed by atoms with E-state index in [-0.39, 0.29) is 18.0 Å². The second-order valence-corrected chi connectivity index (χ2v) is 6.76. The Morgan fingerprint density at radius 3 is 2.52 bits per heavy atom. The van der Waals surface area contributed by atoms with Crippen molar-refractivity contribution in [2.24, 2.45) is 0 Å². The Labute approximate surface area is 153 Å². The van der Waals surface area contributed by atoms with Crippen LogP contribution in [0.4, 0.5) is 11.4 Å². The molecule has 122 valence electrons. The molecule has 0 atom stereocenters. The number of anilines is 1. The van der Waals surface area contributed by atoms with Crippen molar-refractivity contribution in [3.63, 3.8) is 0 Å². The molecule has 0 aliphatic carbocycles. The minimum atomic E-state index is -0.509. The molecule has 0 fully saturated rings. The third kappa shape index (κ3) is 4.30. The van der Waals surface area contributed by atoms with Gasteiger partial charge in [-0.05, 0) is 38.8 Å². The van der Waals surface area contributed by atoms with Crippen LogP contribution in [0.1, 0.15) is 12.1 Å². The molecule has 1 amide bonds. The maximum absolute atomic E-state index is 12.1. The van der Waals surface area contributed by atoms with Crippen molar-refractivity contribution in [2.75, 3.05) is 5.32 Å². The molecule has 0 bridgehead atoms. The van der Waals surface area contributed by atoms with Crippen LogP contribution in [0.3, 0.4) is 0 Å². The zero-order valence-electron chi connectivity index (χ0n) is 11.8. The summed E-state index contributed by atoms with van der Waals surface area (Å²) < 4.78 is 2.48. The number of carbonyl (C=O) groups is 1. The van der Waals surface area contributed by atoms with E-state index in [0.29, 0.717) is 26.2 Å². The standard InChI is InChI=1S/C13H11Br2ClN4O3/c1-7-11(16)6-17-19(7)3-2-12(21)18-13-9(14)4-8(20(22)23)5-10(13)15/h4-6H,2-3H2,1H3,(H,18,21). The van der Waals surface area contributed by atoms with Crippen LogP contribution >= 0.6 is 43.5 Å². The van der Waals surface area contributed by atoms with E-state index >= 15 is 0 Å². The Morgan fingerprint density at radius 1 is 1.43 bits per heavy atom. The Hall–Kier alpha value is -1.45. The molecule has 2 aromatic rings. The summed E-state index contributed by atoms with van der Waals surface area (Å²) in [6, 6.07) is 2.66.